The molecule has 0 fully saturated rings. The molecule has 1 atom stereocenters. The molecule has 0 saturated heterocycles. The Morgan fingerprint density at radius 3 is 2.56 bits per heavy atom. The number of halogens is 1. The molecule has 1 aliphatic rings. The molecule has 7 nitrogen and oxygen atoms in total. The van der Waals surface area contributed by atoms with Gasteiger partial charge in [-0.2, -0.15) is 0 Å². The number of nitro groups is 1. The van der Waals surface area contributed by atoms with Crippen LogP contribution in [0.2, 0.25) is 0 Å². The lowest BCUT2D eigenvalue weighted by Gasteiger charge is -2.34. The number of amides is 1. The first-order valence-electron chi connectivity index (χ1n) is 10.3. The van der Waals surface area contributed by atoms with E-state index in [4.69, 9.17) is 4.74 Å². The highest BCUT2D eigenvalue weighted by atomic mass is 19.1. The number of non-ortho nitro benzene ring substituents is 1. The summed E-state index contributed by atoms with van der Waals surface area (Å²) >= 11 is 0. The Labute approximate surface area is 185 Å². The minimum atomic E-state index is -0.566. The van der Waals surface area contributed by atoms with Crippen LogP contribution in [0.3, 0.4) is 0 Å². The number of rotatable bonds is 7. The van der Waals surface area contributed by atoms with Crippen LogP contribution in [0.4, 0.5) is 10.1 Å². The van der Waals surface area contributed by atoms with Crippen LogP contribution in [-0.4, -0.2) is 28.3 Å². The Morgan fingerprint density at radius 1 is 1.25 bits per heavy atom. The Bertz CT molecular complexity index is 1060. The van der Waals surface area contributed by atoms with Crippen LogP contribution in [-0.2, 0) is 20.9 Å². The average molecular weight is 440 g/mol. The van der Waals surface area contributed by atoms with Gasteiger partial charge in [0.05, 0.1) is 23.6 Å². The smallest absolute Gasteiger partial charge is 0.336 e. The fourth-order valence-electron chi connectivity index (χ4n) is 3.72. The van der Waals surface area contributed by atoms with Gasteiger partial charge in [0.15, 0.2) is 0 Å². The minimum absolute atomic E-state index is 0.00398. The van der Waals surface area contributed by atoms with Gasteiger partial charge in [-0.3, -0.25) is 14.9 Å². The van der Waals surface area contributed by atoms with E-state index in [1.165, 1.54) is 29.2 Å². The fraction of sp³-hybridized carbons (Fsp3) is 0.333. The van der Waals surface area contributed by atoms with E-state index in [0.29, 0.717) is 22.4 Å². The van der Waals surface area contributed by atoms with Crippen LogP contribution in [0.25, 0.3) is 0 Å². The zero-order valence-corrected chi connectivity index (χ0v) is 18.2. The number of carbonyl (C=O) groups is 2. The first-order chi connectivity index (χ1) is 15.2. The Morgan fingerprint density at radius 2 is 1.94 bits per heavy atom. The van der Waals surface area contributed by atoms with Gasteiger partial charge < -0.3 is 9.64 Å². The summed E-state index contributed by atoms with van der Waals surface area (Å²) in [5.74, 6) is -1.60. The van der Waals surface area contributed by atoms with Crippen molar-refractivity contribution in [1.29, 1.82) is 0 Å². The Hall–Kier alpha value is -3.55. The van der Waals surface area contributed by atoms with Crippen molar-refractivity contribution in [2.24, 2.45) is 5.92 Å². The van der Waals surface area contributed by atoms with Crippen LogP contribution in [0, 0.1) is 21.8 Å². The van der Waals surface area contributed by atoms with Gasteiger partial charge >= 0.3 is 5.97 Å². The second-order valence-electron chi connectivity index (χ2n) is 8.21. The summed E-state index contributed by atoms with van der Waals surface area (Å²) in [7, 11) is 0. The highest BCUT2D eigenvalue weighted by molar-refractivity contribution is 5.95. The molecular formula is C24H25FN2O5. The third kappa shape index (κ3) is 5.19. The van der Waals surface area contributed by atoms with Gasteiger partial charge in [0.1, 0.15) is 5.82 Å². The molecule has 1 amide bonds. The fourth-order valence-corrected chi connectivity index (χ4v) is 3.72. The van der Waals surface area contributed by atoms with Crippen LogP contribution < -0.4 is 0 Å². The normalized spacial score (nSPS) is 16.5. The zero-order valence-electron chi connectivity index (χ0n) is 18.2. The summed E-state index contributed by atoms with van der Waals surface area (Å²) in [6.45, 7) is 5.82. The summed E-state index contributed by atoms with van der Waals surface area (Å²) in [5.41, 5.74) is 1.90. The number of allylic oxidation sites excluding steroid dienone is 1. The Kier molecular flexibility index (Phi) is 7.02. The summed E-state index contributed by atoms with van der Waals surface area (Å²) < 4.78 is 18.9. The van der Waals surface area contributed by atoms with Crippen molar-refractivity contribution < 1.29 is 23.6 Å². The van der Waals surface area contributed by atoms with Crippen molar-refractivity contribution >= 4 is 17.6 Å². The van der Waals surface area contributed by atoms with Gasteiger partial charge in [-0.15, -0.1) is 0 Å². The van der Waals surface area contributed by atoms with Crippen molar-refractivity contribution in [3.05, 3.63) is 86.9 Å². The molecule has 8 heteroatoms. The zero-order chi connectivity index (χ0) is 23.4. The molecule has 0 N–H and O–H groups in total. The first kappa shape index (κ1) is 23.1. The molecule has 2 aromatic rings. The van der Waals surface area contributed by atoms with Crippen LogP contribution in [0.15, 0.2) is 59.8 Å². The SMILES string of the molecule is CC1=C(C(=O)OCC(C)C)[C@@H](c2ccc(F)cc2)CC(=O)N1Cc1cccc([N+](=O)[O-])c1. The molecule has 0 radical (unpaired) electrons. The maximum Gasteiger partial charge on any atom is 0.336 e. The van der Waals surface area contributed by atoms with Crippen molar-refractivity contribution in [1.82, 2.24) is 4.90 Å². The minimum Gasteiger partial charge on any atom is -0.462 e. The first-order valence-corrected chi connectivity index (χ1v) is 10.3. The molecule has 0 bridgehead atoms. The number of benzene rings is 2. The summed E-state index contributed by atoms with van der Waals surface area (Å²) in [6, 6.07) is 11.7. The van der Waals surface area contributed by atoms with Crippen LogP contribution in [0.5, 0.6) is 0 Å². The maximum absolute atomic E-state index is 13.4. The number of carbonyl (C=O) groups excluding carboxylic acids is 2. The predicted octanol–water partition coefficient (Wildman–Crippen LogP) is 4.72. The molecule has 0 unspecified atom stereocenters. The highest BCUT2D eigenvalue weighted by Gasteiger charge is 2.37. The lowest BCUT2D eigenvalue weighted by atomic mass is 9.83. The van der Waals surface area contributed by atoms with E-state index in [1.807, 2.05) is 13.8 Å². The number of nitro benzene ring substituents is 1. The standard InChI is InChI=1S/C24H25FN2O5/c1-15(2)14-32-24(29)23-16(3)26(13-17-5-4-6-20(11-17)27(30)31)22(28)12-21(23)18-7-9-19(25)10-8-18/h4-11,15,21H,12-14H2,1-3H3/t21-/m1/s1. The largest absolute Gasteiger partial charge is 0.462 e. The van der Waals surface area contributed by atoms with Crippen LogP contribution in [0.1, 0.15) is 44.2 Å². The van der Waals surface area contributed by atoms with Gasteiger partial charge in [0.25, 0.3) is 5.69 Å². The Balaban J connectivity index is 2.00. The third-order valence-electron chi connectivity index (χ3n) is 5.33. The van der Waals surface area contributed by atoms with Gasteiger partial charge in [0.2, 0.25) is 5.91 Å². The van der Waals surface area contributed by atoms with E-state index in [2.05, 4.69) is 0 Å². The van der Waals surface area contributed by atoms with Gasteiger partial charge in [-0.1, -0.05) is 38.1 Å². The predicted molar refractivity (Wildman–Crippen MR) is 116 cm³/mol. The number of hydrogen-bond acceptors (Lipinski definition) is 5. The lowest BCUT2D eigenvalue weighted by molar-refractivity contribution is -0.384. The molecule has 168 valence electrons. The summed E-state index contributed by atoms with van der Waals surface area (Å²) in [5, 5.41) is 11.1. The van der Waals surface area contributed by atoms with E-state index in [-0.39, 0.29) is 37.1 Å². The molecule has 0 aliphatic carbocycles. The second-order valence-corrected chi connectivity index (χ2v) is 8.21. The second kappa shape index (κ2) is 9.72. The number of nitrogens with zero attached hydrogens (tertiary/aromatic N) is 2. The van der Waals surface area contributed by atoms with E-state index in [0.717, 1.165) is 0 Å². The molecule has 1 heterocycles. The molecule has 3 rings (SSSR count). The summed E-state index contributed by atoms with van der Waals surface area (Å²) in [4.78, 5) is 38.1. The van der Waals surface area contributed by atoms with E-state index >= 15 is 0 Å². The van der Waals surface area contributed by atoms with Crippen LogP contribution >= 0.6 is 0 Å². The molecule has 0 spiro atoms. The monoisotopic (exact) mass is 440 g/mol. The molecular weight excluding hydrogens is 415 g/mol. The maximum atomic E-state index is 13.4. The molecule has 0 aromatic heterocycles. The van der Waals surface area contributed by atoms with Crippen molar-refractivity contribution in [2.45, 2.75) is 39.7 Å². The van der Waals surface area contributed by atoms with Gasteiger partial charge in [-0.05, 0) is 36.1 Å². The van der Waals surface area contributed by atoms with E-state index in [9.17, 15) is 24.1 Å². The van der Waals surface area contributed by atoms with Crippen molar-refractivity contribution in [2.75, 3.05) is 6.61 Å². The summed E-state index contributed by atoms with van der Waals surface area (Å²) in [6.07, 6.45) is 0.00398. The molecule has 2 aromatic carbocycles. The quantitative estimate of drug-likeness (QED) is 0.353. The lowest BCUT2D eigenvalue weighted by Crippen LogP contribution is -2.38. The molecule has 1 aliphatic heterocycles. The number of hydrogen-bond donors (Lipinski definition) is 0. The van der Waals surface area contributed by atoms with Crippen molar-refractivity contribution in [3.63, 3.8) is 0 Å². The third-order valence-corrected chi connectivity index (χ3v) is 5.33. The van der Waals surface area contributed by atoms with Gasteiger partial charge in [0, 0.05) is 30.2 Å². The number of ether oxygens (including phenoxy) is 1. The molecule has 32 heavy (non-hydrogen) atoms. The number of esters is 1. The topological polar surface area (TPSA) is 89.8 Å². The molecule has 0 saturated carbocycles. The highest BCUT2D eigenvalue weighted by Crippen LogP contribution is 2.38. The van der Waals surface area contributed by atoms with Gasteiger partial charge in [-0.25, -0.2) is 9.18 Å². The van der Waals surface area contributed by atoms with E-state index < -0.39 is 22.6 Å². The average Bonchev–Trinajstić information content (AvgIpc) is 2.75. The van der Waals surface area contributed by atoms with Crippen molar-refractivity contribution in [3.8, 4) is 0 Å². The van der Waals surface area contributed by atoms with E-state index in [1.54, 1.807) is 31.2 Å².